The van der Waals surface area contributed by atoms with E-state index in [1.165, 1.54) is 0 Å². The van der Waals surface area contributed by atoms with Crippen molar-refractivity contribution in [1.82, 2.24) is 15.0 Å². The first-order valence-electron chi connectivity index (χ1n) is 9.70. The minimum Gasteiger partial charge on any atom is -0.381 e. The van der Waals surface area contributed by atoms with E-state index in [1.807, 2.05) is 30.3 Å². The quantitative estimate of drug-likeness (QED) is 0.415. The summed E-state index contributed by atoms with van der Waals surface area (Å²) in [5, 5.41) is 4.85. The number of carbonyl (C=O) groups is 1. The van der Waals surface area contributed by atoms with E-state index >= 15 is 0 Å². The van der Waals surface area contributed by atoms with Gasteiger partial charge in [-0.25, -0.2) is 4.98 Å². The summed E-state index contributed by atoms with van der Waals surface area (Å²) in [6.07, 6.45) is 2.19. The van der Waals surface area contributed by atoms with E-state index in [0.717, 1.165) is 17.1 Å². The van der Waals surface area contributed by atoms with Crippen LogP contribution in [-0.4, -0.2) is 46.5 Å². The number of carbonyl (C=O) groups excluding carboxylic acids is 1. The predicted octanol–water partition coefficient (Wildman–Crippen LogP) is 4.25. The summed E-state index contributed by atoms with van der Waals surface area (Å²) in [5.41, 5.74) is 6.96. The highest BCUT2D eigenvalue weighted by molar-refractivity contribution is 6.66. The summed E-state index contributed by atoms with van der Waals surface area (Å²) in [5.74, 6) is 0.394. The molecule has 3 aromatic rings. The maximum absolute atomic E-state index is 12.0. The number of nitrogens with zero attached hydrogens (tertiary/aromatic N) is 3. The molecular formula is C21H20Cl3N5O2. The molecule has 1 saturated heterocycles. The maximum Gasteiger partial charge on any atom is 0.250 e. The Morgan fingerprint density at radius 1 is 1.10 bits per heavy atom. The molecule has 2 aromatic carbocycles. The van der Waals surface area contributed by atoms with Crippen LogP contribution in [-0.2, 0) is 8.53 Å². The van der Waals surface area contributed by atoms with Crippen LogP contribution in [0.1, 0.15) is 29.0 Å². The van der Waals surface area contributed by atoms with E-state index in [-0.39, 0.29) is 17.6 Å². The molecule has 4 rings (SSSR count). The molecule has 10 heteroatoms. The van der Waals surface area contributed by atoms with Crippen LogP contribution in [0, 0.1) is 0 Å². The number of fused-ring (bicyclic) bond motifs is 1. The Morgan fingerprint density at radius 2 is 1.84 bits per heavy atom. The summed E-state index contributed by atoms with van der Waals surface area (Å²) in [4.78, 5) is 25.0. The Kier molecular flexibility index (Phi) is 6.32. The number of nitrogens with two attached hydrogens (primary N) is 1. The van der Waals surface area contributed by atoms with Crippen molar-refractivity contribution in [2.45, 2.75) is 22.2 Å². The van der Waals surface area contributed by atoms with Gasteiger partial charge in [0.05, 0.1) is 0 Å². The summed E-state index contributed by atoms with van der Waals surface area (Å²) in [6.45, 7) is 1.61. The van der Waals surface area contributed by atoms with Crippen molar-refractivity contribution in [3.63, 3.8) is 0 Å². The first-order chi connectivity index (χ1) is 14.8. The molecule has 162 valence electrons. The molecule has 3 N–H and O–H groups in total. The van der Waals surface area contributed by atoms with Crippen molar-refractivity contribution >= 4 is 57.8 Å². The lowest BCUT2D eigenvalue weighted by Crippen LogP contribution is -2.50. The zero-order valence-corrected chi connectivity index (χ0v) is 18.7. The first-order valence-corrected chi connectivity index (χ1v) is 10.8. The molecule has 0 atom stereocenters. The molecule has 0 spiro atoms. The normalized spacial score (nSPS) is 16.3. The van der Waals surface area contributed by atoms with Crippen molar-refractivity contribution in [1.29, 1.82) is 0 Å². The number of rotatable bonds is 5. The third kappa shape index (κ3) is 4.91. The number of alkyl halides is 3. The van der Waals surface area contributed by atoms with Gasteiger partial charge in [-0.1, -0.05) is 65.1 Å². The molecule has 0 saturated carbocycles. The van der Waals surface area contributed by atoms with Gasteiger partial charge in [-0.2, -0.15) is 9.97 Å². The largest absolute Gasteiger partial charge is 0.381 e. The number of halogens is 3. The number of nitrogens with one attached hydrogen (secondary N) is 1. The van der Waals surface area contributed by atoms with E-state index in [9.17, 15) is 4.79 Å². The molecule has 1 aliphatic heterocycles. The Balaban J connectivity index is 1.76. The summed E-state index contributed by atoms with van der Waals surface area (Å²) < 4.78 is 3.51. The van der Waals surface area contributed by atoms with E-state index in [0.29, 0.717) is 43.7 Å². The van der Waals surface area contributed by atoms with Gasteiger partial charge >= 0.3 is 0 Å². The molecule has 1 fully saturated rings. The van der Waals surface area contributed by atoms with Crippen molar-refractivity contribution < 1.29 is 9.53 Å². The highest BCUT2D eigenvalue weighted by Gasteiger charge is 2.31. The lowest BCUT2D eigenvalue weighted by Gasteiger charge is -2.33. The minimum atomic E-state index is -1.87. The van der Waals surface area contributed by atoms with Crippen molar-refractivity contribution in [3.05, 3.63) is 47.8 Å². The number of hydrogen-bond donors (Lipinski definition) is 2. The molecule has 1 aliphatic rings. The Morgan fingerprint density at radius 3 is 2.55 bits per heavy atom. The van der Waals surface area contributed by atoms with Crippen LogP contribution in [0.4, 0.5) is 5.95 Å². The summed E-state index contributed by atoms with van der Waals surface area (Å²) >= 11 is 18.2. The molecule has 0 unspecified atom stereocenters. The second kappa shape index (κ2) is 8.84. The first kappa shape index (κ1) is 22.2. The average Bonchev–Trinajstić information content (AvgIpc) is 2.76. The number of aldehydes is 1. The van der Waals surface area contributed by atoms with Crippen molar-refractivity contribution in [2.24, 2.45) is 5.73 Å². The molecule has 0 aliphatic carbocycles. The Hall–Kier alpha value is -2.03. The van der Waals surface area contributed by atoms with E-state index in [1.54, 1.807) is 6.07 Å². The van der Waals surface area contributed by atoms with Gasteiger partial charge in [0.1, 0.15) is 0 Å². The molecule has 7 nitrogen and oxygen atoms in total. The Bertz CT molecular complexity index is 1110. The minimum absolute atomic E-state index is 0.0481. The molecule has 1 aromatic heterocycles. The molecule has 0 radical (unpaired) electrons. The molecular weight excluding hydrogens is 461 g/mol. The highest BCUT2D eigenvalue weighted by Crippen LogP contribution is 2.37. The molecule has 2 heterocycles. The third-order valence-corrected chi connectivity index (χ3v) is 5.81. The lowest BCUT2D eigenvalue weighted by molar-refractivity contribution is 0.0574. The highest BCUT2D eigenvalue weighted by atomic mass is 35.6. The fourth-order valence-corrected chi connectivity index (χ4v) is 3.78. The maximum atomic E-state index is 12.0. The number of hydrogen-bond acceptors (Lipinski definition) is 7. The lowest BCUT2D eigenvalue weighted by atomic mass is 9.91. The van der Waals surface area contributed by atoms with Crippen molar-refractivity contribution in [3.8, 4) is 11.4 Å². The van der Waals surface area contributed by atoms with Gasteiger partial charge in [0.15, 0.2) is 17.9 Å². The van der Waals surface area contributed by atoms with Gasteiger partial charge in [0.25, 0.3) is 0 Å². The van der Waals surface area contributed by atoms with Crippen LogP contribution in [0.5, 0.6) is 0 Å². The number of benzene rings is 2. The van der Waals surface area contributed by atoms with E-state index < -0.39 is 9.33 Å². The van der Waals surface area contributed by atoms with Crippen LogP contribution in [0.2, 0.25) is 0 Å². The van der Waals surface area contributed by atoms with Gasteiger partial charge in [0, 0.05) is 36.4 Å². The SMILES string of the molecule is NC1(CNc2nc(-c3ccc4ccccc4c3C=O)nc(C(Cl)(Cl)Cl)n2)CCOCC1. The van der Waals surface area contributed by atoms with Gasteiger partial charge in [0.2, 0.25) is 9.74 Å². The molecule has 0 amide bonds. The smallest absolute Gasteiger partial charge is 0.250 e. The topological polar surface area (TPSA) is 103 Å². The standard InChI is InChI=1S/C21H20Cl3N5O2/c22-21(23,24)18-27-17(15-6-5-13-3-1-2-4-14(13)16(15)11-30)28-19(29-18)26-12-20(25)7-9-31-10-8-20/h1-6,11H,7-10,12,25H2,(H,26,27,28,29). The van der Waals surface area contributed by atoms with Crippen LogP contribution in [0.25, 0.3) is 22.2 Å². The second-order valence-electron chi connectivity index (χ2n) is 7.50. The zero-order valence-electron chi connectivity index (χ0n) is 16.4. The van der Waals surface area contributed by atoms with Gasteiger partial charge in [-0.15, -0.1) is 0 Å². The predicted molar refractivity (Wildman–Crippen MR) is 123 cm³/mol. The Labute approximate surface area is 194 Å². The van der Waals surface area contributed by atoms with E-state index in [2.05, 4.69) is 20.3 Å². The number of anilines is 1. The summed E-state index contributed by atoms with van der Waals surface area (Å²) in [6, 6.07) is 11.2. The third-order valence-electron chi connectivity index (χ3n) is 5.31. The average molecular weight is 481 g/mol. The fourth-order valence-electron chi connectivity index (χ4n) is 3.53. The van der Waals surface area contributed by atoms with Crippen LogP contribution in [0.3, 0.4) is 0 Å². The summed E-state index contributed by atoms with van der Waals surface area (Å²) in [7, 11) is 0. The van der Waals surface area contributed by atoms with E-state index in [4.69, 9.17) is 45.3 Å². The molecule has 0 bridgehead atoms. The fraction of sp³-hybridized carbons (Fsp3) is 0.333. The second-order valence-corrected chi connectivity index (χ2v) is 9.78. The van der Waals surface area contributed by atoms with Crippen molar-refractivity contribution in [2.75, 3.05) is 25.1 Å². The van der Waals surface area contributed by atoms with Gasteiger partial charge in [-0.3, -0.25) is 4.79 Å². The van der Waals surface area contributed by atoms with Crippen LogP contribution < -0.4 is 11.1 Å². The number of aromatic nitrogens is 3. The molecule has 31 heavy (non-hydrogen) atoms. The van der Waals surface area contributed by atoms with Crippen LogP contribution in [0.15, 0.2) is 36.4 Å². The van der Waals surface area contributed by atoms with Gasteiger partial charge < -0.3 is 15.8 Å². The number of ether oxygens (including phenoxy) is 1. The monoisotopic (exact) mass is 479 g/mol. The van der Waals surface area contributed by atoms with Crippen LogP contribution >= 0.6 is 34.8 Å². The zero-order chi connectivity index (χ0) is 22.1. The van der Waals surface area contributed by atoms with Gasteiger partial charge in [-0.05, 0) is 29.7 Å².